The molecule has 0 aliphatic carbocycles. The summed E-state index contributed by atoms with van der Waals surface area (Å²) in [6, 6.07) is 2.49. The van der Waals surface area contributed by atoms with Crippen molar-refractivity contribution in [3.05, 3.63) is 29.7 Å². The summed E-state index contributed by atoms with van der Waals surface area (Å²) in [5.41, 5.74) is -0.241. The van der Waals surface area contributed by atoms with E-state index in [2.05, 4.69) is 19.4 Å². The van der Waals surface area contributed by atoms with Gasteiger partial charge in [0.05, 0.1) is 18.8 Å². The van der Waals surface area contributed by atoms with Crippen molar-refractivity contribution in [3.8, 4) is 17.1 Å². The highest BCUT2D eigenvalue weighted by atomic mass is 19.2. The van der Waals surface area contributed by atoms with Crippen molar-refractivity contribution in [2.45, 2.75) is 13.8 Å². The van der Waals surface area contributed by atoms with E-state index in [-0.39, 0.29) is 30.4 Å². The van der Waals surface area contributed by atoms with Crippen LogP contribution in [0.3, 0.4) is 0 Å². The summed E-state index contributed by atoms with van der Waals surface area (Å²) >= 11 is 0. The molecule has 0 unspecified atom stereocenters. The number of aromatic nitrogens is 2. The summed E-state index contributed by atoms with van der Waals surface area (Å²) in [4.78, 5) is 15.1. The third-order valence-electron chi connectivity index (χ3n) is 2.46. The number of hydrogen-bond acceptors (Lipinski definition) is 6. The minimum absolute atomic E-state index is 0.128. The van der Waals surface area contributed by atoms with E-state index in [0.717, 1.165) is 0 Å². The lowest BCUT2D eigenvalue weighted by molar-refractivity contribution is 0.0470. The molecule has 1 heterocycles. The number of hydrogen-bond donors (Lipinski definition) is 0. The molecule has 0 spiro atoms. The molecule has 0 atom stereocenters. The smallest absolute Gasteiger partial charge is 0.397 e. The first-order valence-corrected chi connectivity index (χ1v) is 6.20. The lowest BCUT2D eigenvalue weighted by Gasteiger charge is -2.06. The molecule has 0 saturated heterocycles. The second-order valence-corrected chi connectivity index (χ2v) is 3.82. The topological polar surface area (TPSA) is 74.5 Å². The zero-order chi connectivity index (χ0) is 15.4. The van der Waals surface area contributed by atoms with Crippen LogP contribution >= 0.6 is 0 Å². The molecule has 1 aromatic heterocycles. The molecule has 21 heavy (non-hydrogen) atoms. The number of carbonyl (C=O) groups is 1. The Hall–Kier alpha value is -2.51. The molecule has 8 heteroatoms. The average Bonchev–Trinajstić information content (AvgIpc) is 2.94. The van der Waals surface area contributed by atoms with E-state index >= 15 is 0 Å². The van der Waals surface area contributed by atoms with Crippen LogP contribution in [0.15, 0.2) is 16.7 Å². The number of carbonyl (C=O) groups excluding carboxylic acids is 1. The Bertz CT molecular complexity index is 658. The van der Waals surface area contributed by atoms with E-state index in [9.17, 15) is 13.6 Å². The molecular formula is C13H12F2N2O4. The monoisotopic (exact) mass is 298 g/mol. The van der Waals surface area contributed by atoms with E-state index in [1.54, 1.807) is 13.8 Å². The number of nitrogens with zero attached hydrogens (tertiary/aromatic N) is 2. The number of rotatable bonds is 5. The Kier molecular flexibility index (Phi) is 4.46. The highest BCUT2D eigenvalue weighted by Crippen LogP contribution is 2.28. The van der Waals surface area contributed by atoms with E-state index in [0.29, 0.717) is 0 Å². The van der Waals surface area contributed by atoms with Gasteiger partial charge in [-0.25, -0.2) is 9.18 Å². The number of esters is 1. The van der Waals surface area contributed by atoms with Gasteiger partial charge in [-0.15, -0.1) is 0 Å². The SMILES string of the molecule is CCOC(=O)c1nc(-c2ccc(OCC)c(F)c2F)no1. The van der Waals surface area contributed by atoms with E-state index in [1.165, 1.54) is 12.1 Å². The van der Waals surface area contributed by atoms with Crippen LogP contribution < -0.4 is 4.74 Å². The Labute approximate surface area is 118 Å². The fourth-order valence-electron chi connectivity index (χ4n) is 1.58. The van der Waals surface area contributed by atoms with Crippen molar-refractivity contribution in [2.75, 3.05) is 13.2 Å². The normalized spacial score (nSPS) is 10.5. The molecule has 0 aliphatic heterocycles. The first-order chi connectivity index (χ1) is 10.1. The predicted molar refractivity (Wildman–Crippen MR) is 66.8 cm³/mol. The zero-order valence-electron chi connectivity index (χ0n) is 11.4. The summed E-state index contributed by atoms with van der Waals surface area (Å²) < 4.78 is 41.9. The van der Waals surface area contributed by atoms with Crippen molar-refractivity contribution in [3.63, 3.8) is 0 Å². The molecule has 112 valence electrons. The minimum atomic E-state index is -1.18. The van der Waals surface area contributed by atoms with Crippen molar-refractivity contribution in [2.24, 2.45) is 0 Å². The predicted octanol–water partition coefficient (Wildman–Crippen LogP) is 2.59. The van der Waals surface area contributed by atoms with Crippen molar-refractivity contribution >= 4 is 5.97 Å². The Morgan fingerprint density at radius 2 is 2.00 bits per heavy atom. The van der Waals surface area contributed by atoms with Crippen molar-refractivity contribution < 1.29 is 27.6 Å². The van der Waals surface area contributed by atoms with Crippen LogP contribution in [0.5, 0.6) is 5.75 Å². The standard InChI is InChI=1S/C13H12F2N2O4/c1-3-19-8-6-5-7(9(14)10(8)15)11-16-12(21-17-11)13(18)20-4-2/h5-6H,3-4H2,1-2H3. The van der Waals surface area contributed by atoms with Gasteiger partial charge in [-0.3, -0.25) is 0 Å². The summed E-state index contributed by atoms with van der Waals surface area (Å²) in [5.74, 6) is -4.07. The summed E-state index contributed by atoms with van der Waals surface area (Å²) in [6.45, 7) is 3.58. The van der Waals surface area contributed by atoms with Crippen molar-refractivity contribution in [1.29, 1.82) is 0 Å². The third-order valence-corrected chi connectivity index (χ3v) is 2.46. The van der Waals surface area contributed by atoms with Crippen LogP contribution in [0.4, 0.5) is 8.78 Å². The maximum Gasteiger partial charge on any atom is 0.397 e. The molecule has 6 nitrogen and oxygen atoms in total. The van der Waals surface area contributed by atoms with Gasteiger partial charge in [-0.2, -0.15) is 9.37 Å². The maximum absolute atomic E-state index is 13.9. The number of halogens is 2. The molecule has 0 amide bonds. The molecule has 0 radical (unpaired) electrons. The molecule has 0 bridgehead atoms. The average molecular weight is 298 g/mol. The molecule has 0 saturated carbocycles. The second-order valence-electron chi connectivity index (χ2n) is 3.82. The van der Waals surface area contributed by atoms with Gasteiger partial charge in [0.2, 0.25) is 11.6 Å². The molecule has 0 N–H and O–H groups in total. The van der Waals surface area contributed by atoms with Crippen LogP contribution in [0.1, 0.15) is 24.5 Å². The van der Waals surface area contributed by atoms with Gasteiger partial charge in [-0.05, 0) is 26.0 Å². The Balaban J connectivity index is 2.35. The van der Waals surface area contributed by atoms with Crippen LogP contribution in [-0.2, 0) is 4.74 Å². The third kappa shape index (κ3) is 2.99. The highest BCUT2D eigenvalue weighted by molar-refractivity contribution is 5.84. The van der Waals surface area contributed by atoms with E-state index < -0.39 is 23.5 Å². The van der Waals surface area contributed by atoms with Crippen LogP contribution in [0.2, 0.25) is 0 Å². The zero-order valence-corrected chi connectivity index (χ0v) is 11.4. The lowest BCUT2D eigenvalue weighted by Crippen LogP contribution is -2.04. The molecule has 2 aromatic rings. The Morgan fingerprint density at radius 1 is 1.24 bits per heavy atom. The van der Waals surface area contributed by atoms with Crippen molar-refractivity contribution in [1.82, 2.24) is 10.1 Å². The first kappa shape index (κ1) is 14.9. The second kappa shape index (κ2) is 6.29. The number of ether oxygens (including phenoxy) is 2. The van der Waals surface area contributed by atoms with Gasteiger partial charge < -0.3 is 14.0 Å². The summed E-state index contributed by atoms with van der Waals surface area (Å²) in [5, 5.41) is 3.43. The van der Waals surface area contributed by atoms with Gasteiger partial charge in [0.1, 0.15) is 0 Å². The minimum Gasteiger partial charge on any atom is -0.491 e. The quantitative estimate of drug-likeness (QED) is 0.790. The van der Waals surface area contributed by atoms with Gasteiger partial charge in [-0.1, -0.05) is 5.16 Å². The van der Waals surface area contributed by atoms with Crippen LogP contribution in [0.25, 0.3) is 11.4 Å². The van der Waals surface area contributed by atoms with E-state index in [1.807, 2.05) is 0 Å². The van der Waals surface area contributed by atoms with E-state index in [4.69, 9.17) is 4.74 Å². The fourth-order valence-corrected chi connectivity index (χ4v) is 1.58. The van der Waals surface area contributed by atoms with Gasteiger partial charge in [0, 0.05) is 0 Å². The molecule has 0 fully saturated rings. The van der Waals surface area contributed by atoms with Gasteiger partial charge >= 0.3 is 11.9 Å². The van der Waals surface area contributed by atoms with Crippen LogP contribution in [-0.4, -0.2) is 29.3 Å². The Morgan fingerprint density at radius 3 is 2.67 bits per heavy atom. The summed E-state index contributed by atoms with van der Waals surface area (Å²) in [6.07, 6.45) is 0. The largest absolute Gasteiger partial charge is 0.491 e. The molecule has 0 aliphatic rings. The highest BCUT2D eigenvalue weighted by Gasteiger charge is 2.22. The van der Waals surface area contributed by atoms with Gasteiger partial charge in [0.25, 0.3) is 0 Å². The maximum atomic E-state index is 13.9. The summed E-state index contributed by atoms with van der Waals surface area (Å²) in [7, 11) is 0. The van der Waals surface area contributed by atoms with Gasteiger partial charge in [0.15, 0.2) is 11.6 Å². The molecule has 1 aromatic carbocycles. The molecular weight excluding hydrogens is 286 g/mol. The first-order valence-electron chi connectivity index (χ1n) is 6.20. The number of benzene rings is 1. The lowest BCUT2D eigenvalue weighted by atomic mass is 10.2. The fraction of sp³-hybridized carbons (Fsp3) is 0.308. The molecule has 2 rings (SSSR count). The van der Waals surface area contributed by atoms with Crippen LogP contribution in [0, 0.1) is 11.6 Å².